The first-order chi connectivity index (χ1) is 26.3. The minimum absolute atomic E-state index is 0.551. The van der Waals surface area contributed by atoms with Gasteiger partial charge in [-0.15, -0.1) is 11.3 Å². The molecule has 0 amide bonds. The fourth-order valence-electron chi connectivity index (χ4n) is 8.26. The van der Waals surface area contributed by atoms with Crippen molar-refractivity contribution in [3.05, 3.63) is 158 Å². The van der Waals surface area contributed by atoms with E-state index in [0.29, 0.717) is 17.6 Å². The van der Waals surface area contributed by atoms with Gasteiger partial charge in [0.05, 0.1) is 16.9 Å². The highest BCUT2D eigenvalue weighted by Crippen LogP contribution is 2.52. The van der Waals surface area contributed by atoms with E-state index in [1.54, 1.807) is 11.3 Å². The molecule has 4 heterocycles. The lowest BCUT2D eigenvalue weighted by Gasteiger charge is -2.32. The number of anilines is 3. The highest BCUT2D eigenvalue weighted by Gasteiger charge is 2.30. The molecule has 0 unspecified atom stereocenters. The van der Waals surface area contributed by atoms with E-state index in [9.17, 15) is 0 Å². The van der Waals surface area contributed by atoms with Gasteiger partial charge in [-0.05, 0) is 64.2 Å². The van der Waals surface area contributed by atoms with Gasteiger partial charge in [0.25, 0.3) is 0 Å². The van der Waals surface area contributed by atoms with Crippen molar-refractivity contribution < 1.29 is 4.42 Å². The van der Waals surface area contributed by atoms with Gasteiger partial charge >= 0.3 is 0 Å². The molecule has 1 aliphatic rings. The van der Waals surface area contributed by atoms with Crippen LogP contribution in [0.3, 0.4) is 0 Å². The van der Waals surface area contributed by atoms with Crippen molar-refractivity contribution in [3.63, 3.8) is 0 Å². The Hall–Kier alpha value is -6.89. The molecule has 6 heteroatoms. The van der Waals surface area contributed by atoms with E-state index in [4.69, 9.17) is 19.4 Å². The lowest BCUT2D eigenvalue weighted by molar-refractivity contribution is 0.669. The molecule has 0 N–H and O–H groups in total. The van der Waals surface area contributed by atoms with Crippen LogP contribution in [-0.2, 0) is 0 Å². The van der Waals surface area contributed by atoms with Crippen molar-refractivity contribution in [2.24, 2.45) is 0 Å². The first-order valence-electron chi connectivity index (χ1n) is 17.7. The number of fused-ring (bicyclic) bond motifs is 9. The molecule has 246 valence electrons. The third kappa shape index (κ3) is 4.15. The van der Waals surface area contributed by atoms with Crippen LogP contribution in [0.1, 0.15) is 0 Å². The topological polar surface area (TPSA) is 55.1 Å². The number of aromatic nitrogens is 3. The van der Waals surface area contributed by atoms with Crippen LogP contribution >= 0.6 is 11.3 Å². The van der Waals surface area contributed by atoms with Crippen LogP contribution in [-0.4, -0.2) is 15.0 Å². The summed E-state index contributed by atoms with van der Waals surface area (Å²) >= 11 is 1.78. The lowest BCUT2D eigenvalue weighted by Crippen LogP contribution is -2.19. The largest absolute Gasteiger partial charge is 0.455 e. The molecule has 0 fully saturated rings. The number of para-hydroxylation sites is 2. The average Bonchev–Trinajstić information content (AvgIpc) is 3.79. The van der Waals surface area contributed by atoms with Crippen LogP contribution in [0, 0.1) is 0 Å². The molecular weight excluding hydrogens is 669 g/mol. The summed E-state index contributed by atoms with van der Waals surface area (Å²) in [6.45, 7) is 0. The van der Waals surface area contributed by atoms with Crippen molar-refractivity contribution in [3.8, 4) is 33.9 Å². The second-order valence-electron chi connectivity index (χ2n) is 13.6. The molecule has 3 aromatic heterocycles. The number of hydrogen-bond donors (Lipinski definition) is 0. The summed E-state index contributed by atoms with van der Waals surface area (Å²) in [5, 5.41) is 9.20. The van der Waals surface area contributed by atoms with Gasteiger partial charge < -0.3 is 4.42 Å². The normalized spacial score (nSPS) is 12.5. The Morgan fingerprint density at radius 3 is 1.98 bits per heavy atom. The van der Waals surface area contributed by atoms with Crippen LogP contribution in [0.2, 0.25) is 0 Å². The third-order valence-electron chi connectivity index (χ3n) is 10.6. The van der Waals surface area contributed by atoms with Crippen molar-refractivity contribution >= 4 is 92.3 Å². The highest BCUT2D eigenvalue weighted by molar-refractivity contribution is 7.26. The van der Waals surface area contributed by atoms with Crippen LogP contribution in [0.4, 0.5) is 17.3 Å². The zero-order valence-electron chi connectivity index (χ0n) is 28.1. The molecule has 0 bridgehead atoms. The van der Waals surface area contributed by atoms with E-state index >= 15 is 0 Å². The maximum atomic E-state index is 6.56. The second-order valence-corrected chi connectivity index (χ2v) is 14.6. The minimum Gasteiger partial charge on any atom is -0.455 e. The summed E-state index contributed by atoms with van der Waals surface area (Å²) in [4.78, 5) is 18.3. The fraction of sp³-hybridized carbons (Fsp3) is 0. The van der Waals surface area contributed by atoms with Crippen LogP contribution in [0.5, 0.6) is 0 Å². The predicted octanol–water partition coefficient (Wildman–Crippen LogP) is 13.2. The Kier molecular flexibility index (Phi) is 5.87. The van der Waals surface area contributed by atoms with Crippen molar-refractivity contribution in [2.75, 3.05) is 4.90 Å². The number of thiophene rings is 1. The first kappa shape index (κ1) is 28.8. The van der Waals surface area contributed by atoms with Gasteiger partial charge in [0.15, 0.2) is 11.6 Å². The number of rotatable bonds is 3. The van der Waals surface area contributed by atoms with Gasteiger partial charge in [-0.2, -0.15) is 9.97 Å². The smallest absolute Gasteiger partial charge is 0.238 e. The molecule has 0 saturated carbocycles. The van der Waals surface area contributed by atoms with E-state index in [1.807, 2.05) is 18.2 Å². The Bertz CT molecular complexity index is 3190. The number of nitrogens with zero attached hydrogens (tertiary/aromatic N) is 4. The second kappa shape index (κ2) is 10.8. The molecular formula is C47H26N4OS. The summed E-state index contributed by atoms with van der Waals surface area (Å²) in [5.74, 6) is 1.72. The van der Waals surface area contributed by atoms with Gasteiger partial charge in [-0.25, -0.2) is 4.98 Å². The zero-order chi connectivity index (χ0) is 34.6. The number of furan rings is 1. The Morgan fingerprint density at radius 1 is 0.453 bits per heavy atom. The van der Waals surface area contributed by atoms with Crippen LogP contribution < -0.4 is 4.90 Å². The molecule has 8 aromatic carbocycles. The minimum atomic E-state index is 0.551. The van der Waals surface area contributed by atoms with Gasteiger partial charge in [0, 0.05) is 47.5 Å². The molecule has 1 aliphatic heterocycles. The monoisotopic (exact) mass is 694 g/mol. The molecule has 0 atom stereocenters. The zero-order valence-corrected chi connectivity index (χ0v) is 28.9. The van der Waals surface area contributed by atoms with Gasteiger partial charge in [-0.3, -0.25) is 4.90 Å². The SMILES string of the molecule is c1ccc2cc3c(cc2c1)-c1cccc2cccc(c12)N3c1nc(-c2cccc3c2oc2ccccc23)nc(-c2cccc3c2sc2ccccc23)n1. The third-order valence-corrected chi connectivity index (χ3v) is 11.9. The van der Waals surface area contributed by atoms with Crippen molar-refractivity contribution in [2.45, 2.75) is 0 Å². The van der Waals surface area contributed by atoms with Gasteiger partial charge in [0.1, 0.15) is 11.2 Å². The van der Waals surface area contributed by atoms with E-state index in [-0.39, 0.29) is 0 Å². The van der Waals surface area contributed by atoms with Crippen LogP contribution in [0.15, 0.2) is 162 Å². The Labute approximate surface area is 307 Å². The average molecular weight is 695 g/mol. The summed E-state index contributed by atoms with van der Waals surface area (Å²) < 4.78 is 8.95. The molecule has 0 radical (unpaired) electrons. The number of hydrogen-bond acceptors (Lipinski definition) is 6. The highest BCUT2D eigenvalue weighted by atomic mass is 32.1. The molecule has 0 saturated heterocycles. The fourth-order valence-corrected chi connectivity index (χ4v) is 9.47. The summed E-state index contributed by atoms with van der Waals surface area (Å²) in [5.41, 5.74) is 7.79. The van der Waals surface area contributed by atoms with E-state index < -0.39 is 0 Å². The van der Waals surface area contributed by atoms with Gasteiger partial charge in [0.2, 0.25) is 5.95 Å². The quantitative estimate of drug-likeness (QED) is 0.184. The van der Waals surface area contributed by atoms with E-state index in [1.165, 1.54) is 37.2 Å². The molecule has 0 aliphatic carbocycles. The Morgan fingerprint density at radius 2 is 1.09 bits per heavy atom. The van der Waals surface area contributed by atoms with Crippen molar-refractivity contribution in [1.82, 2.24) is 15.0 Å². The maximum Gasteiger partial charge on any atom is 0.238 e. The summed E-state index contributed by atoms with van der Waals surface area (Å²) in [7, 11) is 0. The standard InChI is InChI=1S/C47H26N4OS/c1-2-12-29-26-39-37(25-28(29)11-1)32-17-7-13-27-14-8-22-38(42(27)32)51(39)47-49-45(35-20-9-18-33-30-15-3-5-23-40(30)52-43(33)35)48-46(50-47)36-21-10-19-34-31-16-4-6-24-41(31)53-44(34)36/h1-26H. The first-order valence-corrected chi connectivity index (χ1v) is 18.5. The lowest BCUT2D eigenvalue weighted by atomic mass is 9.90. The maximum absolute atomic E-state index is 6.56. The van der Waals surface area contributed by atoms with Gasteiger partial charge in [-0.1, -0.05) is 115 Å². The molecule has 5 nitrogen and oxygen atoms in total. The molecule has 53 heavy (non-hydrogen) atoms. The Balaban J connectivity index is 1.19. The van der Waals surface area contributed by atoms with Crippen LogP contribution in [0.25, 0.3) is 97.6 Å². The molecule has 12 rings (SSSR count). The predicted molar refractivity (Wildman–Crippen MR) is 220 cm³/mol. The molecule has 0 spiro atoms. The summed E-state index contributed by atoms with van der Waals surface area (Å²) in [6.07, 6.45) is 0. The van der Waals surface area contributed by atoms with E-state index in [2.05, 4.69) is 144 Å². The van der Waals surface area contributed by atoms with Crippen molar-refractivity contribution in [1.29, 1.82) is 0 Å². The molecule has 11 aromatic rings. The summed E-state index contributed by atoms with van der Waals surface area (Å²) in [6, 6.07) is 55.6. The number of benzene rings is 8. The van der Waals surface area contributed by atoms with E-state index in [0.717, 1.165) is 60.1 Å².